The third-order valence-electron chi connectivity index (χ3n) is 4.23. The molecule has 23 heavy (non-hydrogen) atoms. The Morgan fingerprint density at radius 2 is 2.22 bits per heavy atom. The van der Waals surface area contributed by atoms with E-state index in [9.17, 15) is 4.79 Å². The molecule has 1 saturated heterocycles. The average molecular weight is 318 g/mol. The fraction of sp³-hybridized carbons (Fsp3) is 0.500. The molecule has 5 heteroatoms. The molecule has 0 bridgehead atoms. The van der Waals surface area contributed by atoms with Crippen molar-refractivity contribution >= 4 is 5.91 Å². The Balaban J connectivity index is 2.09. The monoisotopic (exact) mass is 318 g/mol. The molecule has 0 spiro atoms. The molecule has 1 amide bonds. The molecule has 0 unspecified atom stereocenters. The van der Waals surface area contributed by atoms with E-state index in [1.807, 2.05) is 25.1 Å². The van der Waals surface area contributed by atoms with Crippen LogP contribution in [-0.2, 0) is 0 Å². The summed E-state index contributed by atoms with van der Waals surface area (Å²) in [5.74, 6) is 0.922. The SMILES string of the molecule is C=CCN1CCC[C@H]1CNC(=O)c1cc(C)cc(OC)c1OC. The van der Waals surface area contributed by atoms with Crippen molar-refractivity contribution < 1.29 is 14.3 Å². The maximum absolute atomic E-state index is 12.6. The summed E-state index contributed by atoms with van der Waals surface area (Å²) in [5, 5.41) is 3.03. The van der Waals surface area contributed by atoms with Gasteiger partial charge in [0.1, 0.15) is 0 Å². The largest absolute Gasteiger partial charge is 0.493 e. The fourth-order valence-electron chi connectivity index (χ4n) is 3.11. The molecule has 1 aromatic carbocycles. The molecule has 1 heterocycles. The number of hydrogen-bond donors (Lipinski definition) is 1. The lowest BCUT2D eigenvalue weighted by Crippen LogP contribution is -2.40. The van der Waals surface area contributed by atoms with Crippen molar-refractivity contribution in [2.75, 3.05) is 33.9 Å². The topological polar surface area (TPSA) is 50.8 Å². The van der Waals surface area contributed by atoms with Gasteiger partial charge in [-0.05, 0) is 44.0 Å². The highest BCUT2D eigenvalue weighted by Gasteiger charge is 2.25. The van der Waals surface area contributed by atoms with E-state index < -0.39 is 0 Å². The number of ether oxygens (including phenoxy) is 2. The summed E-state index contributed by atoms with van der Waals surface area (Å²) >= 11 is 0. The van der Waals surface area contributed by atoms with E-state index in [2.05, 4.69) is 16.8 Å². The minimum atomic E-state index is -0.130. The van der Waals surface area contributed by atoms with Gasteiger partial charge in [-0.15, -0.1) is 6.58 Å². The number of carbonyl (C=O) groups is 1. The molecule has 2 rings (SSSR count). The van der Waals surface area contributed by atoms with Gasteiger partial charge in [-0.3, -0.25) is 9.69 Å². The lowest BCUT2D eigenvalue weighted by Gasteiger charge is -2.23. The fourth-order valence-corrected chi connectivity index (χ4v) is 3.11. The normalized spacial score (nSPS) is 17.8. The van der Waals surface area contributed by atoms with Crippen molar-refractivity contribution in [3.05, 3.63) is 35.9 Å². The van der Waals surface area contributed by atoms with Crippen LogP contribution in [0.5, 0.6) is 11.5 Å². The molecular formula is C18H26N2O3. The Morgan fingerprint density at radius 1 is 1.43 bits per heavy atom. The summed E-state index contributed by atoms with van der Waals surface area (Å²) in [7, 11) is 3.12. The van der Waals surface area contributed by atoms with Crippen LogP contribution in [0.4, 0.5) is 0 Å². The number of benzene rings is 1. The first-order chi connectivity index (χ1) is 11.1. The minimum Gasteiger partial charge on any atom is -0.493 e. The van der Waals surface area contributed by atoms with Gasteiger partial charge in [0.2, 0.25) is 0 Å². The zero-order valence-electron chi connectivity index (χ0n) is 14.2. The number of nitrogens with zero attached hydrogens (tertiary/aromatic N) is 1. The summed E-state index contributed by atoms with van der Waals surface area (Å²) in [6.45, 7) is 8.28. The lowest BCUT2D eigenvalue weighted by molar-refractivity contribution is 0.0938. The van der Waals surface area contributed by atoms with Crippen LogP contribution in [0.25, 0.3) is 0 Å². The predicted molar refractivity (Wildman–Crippen MR) is 91.4 cm³/mol. The zero-order chi connectivity index (χ0) is 16.8. The highest BCUT2D eigenvalue weighted by molar-refractivity contribution is 5.98. The summed E-state index contributed by atoms with van der Waals surface area (Å²) in [6, 6.07) is 4.06. The van der Waals surface area contributed by atoms with Crippen LogP contribution < -0.4 is 14.8 Å². The summed E-state index contributed by atoms with van der Waals surface area (Å²) in [4.78, 5) is 14.9. The van der Waals surface area contributed by atoms with Gasteiger partial charge in [0, 0.05) is 19.1 Å². The summed E-state index contributed by atoms with van der Waals surface area (Å²) < 4.78 is 10.7. The van der Waals surface area contributed by atoms with Crippen LogP contribution in [0.1, 0.15) is 28.8 Å². The van der Waals surface area contributed by atoms with E-state index in [4.69, 9.17) is 9.47 Å². The van der Waals surface area contributed by atoms with Crippen molar-refractivity contribution in [1.29, 1.82) is 0 Å². The molecule has 1 aliphatic heterocycles. The van der Waals surface area contributed by atoms with Crippen LogP contribution in [0, 0.1) is 6.92 Å². The van der Waals surface area contributed by atoms with Crippen LogP contribution >= 0.6 is 0 Å². The molecule has 1 aromatic rings. The molecule has 0 aromatic heterocycles. The number of aryl methyl sites for hydroxylation is 1. The Hall–Kier alpha value is -2.01. The van der Waals surface area contributed by atoms with Gasteiger partial charge in [-0.2, -0.15) is 0 Å². The Kier molecular flexibility index (Phi) is 6.04. The van der Waals surface area contributed by atoms with Gasteiger partial charge in [0.25, 0.3) is 5.91 Å². The Labute approximate surface area is 138 Å². The van der Waals surface area contributed by atoms with Gasteiger partial charge in [-0.25, -0.2) is 0 Å². The highest BCUT2D eigenvalue weighted by Crippen LogP contribution is 2.32. The second-order valence-electron chi connectivity index (χ2n) is 5.84. The second-order valence-corrected chi connectivity index (χ2v) is 5.84. The first-order valence-electron chi connectivity index (χ1n) is 7.96. The second kappa shape index (κ2) is 8.02. The highest BCUT2D eigenvalue weighted by atomic mass is 16.5. The van der Waals surface area contributed by atoms with E-state index in [1.165, 1.54) is 0 Å². The van der Waals surface area contributed by atoms with Crippen molar-refractivity contribution in [2.45, 2.75) is 25.8 Å². The Bertz CT molecular complexity index is 572. The Morgan fingerprint density at radius 3 is 2.87 bits per heavy atom. The smallest absolute Gasteiger partial charge is 0.255 e. The third kappa shape index (κ3) is 4.05. The van der Waals surface area contributed by atoms with Crippen molar-refractivity contribution in [1.82, 2.24) is 10.2 Å². The van der Waals surface area contributed by atoms with Crippen LogP contribution in [-0.4, -0.2) is 50.7 Å². The quantitative estimate of drug-likeness (QED) is 0.784. The molecule has 1 N–H and O–H groups in total. The number of nitrogens with one attached hydrogen (secondary N) is 1. The predicted octanol–water partition coefficient (Wildman–Crippen LogP) is 2.39. The molecule has 1 aliphatic rings. The first kappa shape index (κ1) is 17.3. The third-order valence-corrected chi connectivity index (χ3v) is 4.23. The van der Waals surface area contributed by atoms with E-state index in [1.54, 1.807) is 14.2 Å². The van der Waals surface area contributed by atoms with Crippen LogP contribution in [0.3, 0.4) is 0 Å². The first-order valence-corrected chi connectivity index (χ1v) is 7.96. The van der Waals surface area contributed by atoms with E-state index in [0.717, 1.165) is 31.5 Å². The number of likely N-dealkylation sites (tertiary alicyclic amines) is 1. The number of rotatable bonds is 7. The molecule has 1 fully saturated rings. The lowest BCUT2D eigenvalue weighted by atomic mass is 10.1. The molecule has 126 valence electrons. The van der Waals surface area contributed by atoms with Crippen molar-refractivity contribution in [3.8, 4) is 11.5 Å². The zero-order valence-corrected chi connectivity index (χ0v) is 14.2. The number of methoxy groups -OCH3 is 2. The van der Waals surface area contributed by atoms with Gasteiger partial charge in [0.05, 0.1) is 19.8 Å². The summed E-state index contributed by atoms with van der Waals surface area (Å²) in [5.41, 5.74) is 1.47. The van der Waals surface area contributed by atoms with Crippen LogP contribution in [0.2, 0.25) is 0 Å². The molecule has 0 radical (unpaired) electrons. The molecule has 5 nitrogen and oxygen atoms in total. The molecular weight excluding hydrogens is 292 g/mol. The van der Waals surface area contributed by atoms with Gasteiger partial charge in [-0.1, -0.05) is 6.08 Å². The minimum absolute atomic E-state index is 0.130. The van der Waals surface area contributed by atoms with E-state index >= 15 is 0 Å². The number of amides is 1. The van der Waals surface area contributed by atoms with Gasteiger partial charge in [0.15, 0.2) is 11.5 Å². The standard InChI is InChI=1S/C18H26N2O3/c1-5-8-20-9-6-7-14(20)12-19-18(21)15-10-13(2)11-16(22-3)17(15)23-4/h5,10-11,14H,1,6-9,12H2,2-4H3,(H,19,21)/t14-/m0/s1. The number of carbonyl (C=O) groups excluding carboxylic acids is 1. The average Bonchev–Trinajstić information content (AvgIpc) is 2.99. The summed E-state index contributed by atoms with van der Waals surface area (Å²) in [6.07, 6.45) is 4.17. The van der Waals surface area contributed by atoms with Crippen LogP contribution in [0.15, 0.2) is 24.8 Å². The van der Waals surface area contributed by atoms with Crippen molar-refractivity contribution in [2.24, 2.45) is 0 Å². The van der Waals surface area contributed by atoms with Crippen molar-refractivity contribution in [3.63, 3.8) is 0 Å². The molecule has 0 aliphatic carbocycles. The molecule has 1 atom stereocenters. The van der Waals surface area contributed by atoms with Gasteiger partial charge >= 0.3 is 0 Å². The maximum Gasteiger partial charge on any atom is 0.255 e. The molecule has 0 saturated carbocycles. The maximum atomic E-state index is 12.6. The van der Waals surface area contributed by atoms with Gasteiger partial charge < -0.3 is 14.8 Å². The van der Waals surface area contributed by atoms with E-state index in [-0.39, 0.29) is 5.91 Å². The van der Waals surface area contributed by atoms with E-state index in [0.29, 0.717) is 29.6 Å². The number of hydrogen-bond acceptors (Lipinski definition) is 4.